The molecule has 1 amide bonds. The zero-order valence-electron chi connectivity index (χ0n) is 9.79. The summed E-state index contributed by atoms with van der Waals surface area (Å²) in [6.45, 7) is -0.0150. The van der Waals surface area contributed by atoms with Crippen molar-refractivity contribution in [3.63, 3.8) is 0 Å². The van der Waals surface area contributed by atoms with Gasteiger partial charge in [-0.15, -0.1) is 10.2 Å². The van der Waals surface area contributed by atoms with E-state index in [0.717, 1.165) is 11.8 Å². The lowest BCUT2D eigenvalue weighted by Crippen LogP contribution is -2.20. The lowest BCUT2D eigenvalue weighted by atomic mass is 10.4. The monoisotopic (exact) mass is 274 g/mol. The molecule has 100 valence electrons. The predicted molar refractivity (Wildman–Crippen MR) is 63.0 cm³/mol. The van der Waals surface area contributed by atoms with Crippen molar-refractivity contribution in [1.82, 2.24) is 20.1 Å². The Morgan fingerprint density at radius 1 is 1.44 bits per heavy atom. The molecule has 0 spiro atoms. The average molecular weight is 274 g/mol. The third-order valence-corrected chi connectivity index (χ3v) is 3.05. The molecule has 1 aromatic heterocycles. The topological polar surface area (TPSA) is 117 Å². The van der Waals surface area contributed by atoms with Gasteiger partial charge in [-0.1, -0.05) is 11.8 Å². The van der Waals surface area contributed by atoms with Gasteiger partial charge in [-0.3, -0.25) is 9.59 Å². The van der Waals surface area contributed by atoms with Crippen molar-refractivity contribution < 1.29 is 19.8 Å². The van der Waals surface area contributed by atoms with Crippen molar-refractivity contribution >= 4 is 23.6 Å². The lowest BCUT2D eigenvalue weighted by Gasteiger charge is -2.07. The Morgan fingerprint density at radius 2 is 2.17 bits per heavy atom. The molecule has 1 aromatic rings. The van der Waals surface area contributed by atoms with Crippen molar-refractivity contribution in [2.24, 2.45) is 0 Å². The van der Waals surface area contributed by atoms with Crippen LogP contribution in [0.25, 0.3) is 0 Å². The Kier molecular flexibility index (Phi) is 5.59. The summed E-state index contributed by atoms with van der Waals surface area (Å²) < 4.78 is 1.54. The number of carbonyl (C=O) groups excluding carboxylic acids is 1. The van der Waals surface area contributed by atoms with Crippen LogP contribution in [-0.4, -0.2) is 49.7 Å². The first-order chi connectivity index (χ1) is 8.58. The number of hydrogen-bond donors (Lipinski definition) is 3. The third kappa shape index (κ3) is 4.00. The number of nitrogens with zero attached hydrogens (tertiary/aromatic N) is 3. The molecule has 0 aliphatic rings. The zero-order valence-corrected chi connectivity index (χ0v) is 10.6. The van der Waals surface area contributed by atoms with Gasteiger partial charge in [-0.05, 0) is 0 Å². The van der Waals surface area contributed by atoms with Gasteiger partial charge < -0.3 is 20.1 Å². The molecule has 1 heterocycles. The van der Waals surface area contributed by atoms with Crippen LogP contribution in [0, 0.1) is 0 Å². The maximum Gasteiger partial charge on any atom is 0.313 e. The molecule has 18 heavy (non-hydrogen) atoms. The van der Waals surface area contributed by atoms with Crippen molar-refractivity contribution in [2.45, 2.75) is 24.7 Å². The fourth-order valence-electron chi connectivity index (χ4n) is 1.23. The Balaban J connectivity index is 2.74. The van der Waals surface area contributed by atoms with Crippen LogP contribution in [0.1, 0.15) is 12.2 Å². The van der Waals surface area contributed by atoms with Crippen LogP contribution in [0.4, 0.5) is 0 Å². The van der Waals surface area contributed by atoms with Crippen LogP contribution in [0.15, 0.2) is 5.16 Å². The lowest BCUT2D eigenvalue weighted by molar-refractivity contribution is -0.134. The normalized spacial score (nSPS) is 10.3. The Labute approximate surface area is 107 Å². The molecule has 0 saturated heterocycles. The van der Waals surface area contributed by atoms with Crippen LogP contribution < -0.4 is 5.32 Å². The van der Waals surface area contributed by atoms with Gasteiger partial charge in [0.05, 0.1) is 5.75 Å². The van der Waals surface area contributed by atoms with E-state index in [4.69, 9.17) is 10.2 Å². The molecule has 0 unspecified atom stereocenters. The van der Waals surface area contributed by atoms with Crippen LogP contribution in [0.5, 0.6) is 0 Å². The smallest absolute Gasteiger partial charge is 0.313 e. The van der Waals surface area contributed by atoms with Gasteiger partial charge >= 0.3 is 5.97 Å². The average Bonchev–Trinajstić information content (AvgIpc) is 2.75. The van der Waals surface area contributed by atoms with E-state index in [0.29, 0.717) is 17.5 Å². The van der Waals surface area contributed by atoms with Crippen LogP contribution in [-0.2, 0) is 22.7 Å². The second kappa shape index (κ2) is 6.97. The number of thioether (sulfide) groups is 1. The summed E-state index contributed by atoms with van der Waals surface area (Å²) in [7, 11) is 1.53. The number of aliphatic hydroxyl groups excluding tert-OH is 1. The quantitative estimate of drug-likeness (QED) is 0.550. The molecule has 0 saturated carbocycles. The highest BCUT2D eigenvalue weighted by molar-refractivity contribution is 7.99. The molecule has 1 rings (SSSR count). The fourth-order valence-corrected chi connectivity index (χ4v) is 1.94. The van der Waals surface area contributed by atoms with Crippen molar-refractivity contribution in [1.29, 1.82) is 0 Å². The molecule has 8 nitrogen and oxygen atoms in total. The Bertz CT molecular complexity index is 434. The van der Waals surface area contributed by atoms with Crippen molar-refractivity contribution in [3.8, 4) is 0 Å². The first kappa shape index (κ1) is 14.5. The third-order valence-electron chi connectivity index (χ3n) is 2.10. The fraction of sp³-hybridized carbons (Fsp3) is 0.556. The minimum Gasteiger partial charge on any atom is -0.481 e. The van der Waals surface area contributed by atoms with Crippen molar-refractivity contribution in [3.05, 3.63) is 5.82 Å². The van der Waals surface area contributed by atoms with E-state index in [1.807, 2.05) is 0 Å². The highest BCUT2D eigenvalue weighted by Crippen LogP contribution is 2.17. The van der Waals surface area contributed by atoms with Gasteiger partial charge in [-0.25, -0.2) is 0 Å². The number of aliphatic carboxylic acids is 1. The number of nitrogens with one attached hydrogen (secondary N) is 1. The summed E-state index contributed by atoms with van der Waals surface area (Å²) in [5.74, 6) is -0.955. The molecule has 0 radical (unpaired) electrons. The van der Waals surface area contributed by atoms with E-state index in [9.17, 15) is 9.59 Å². The van der Waals surface area contributed by atoms with E-state index in [1.54, 1.807) is 4.57 Å². The summed E-state index contributed by atoms with van der Waals surface area (Å²) in [5.41, 5.74) is 0. The minimum atomic E-state index is -0.966. The maximum atomic E-state index is 11.2. The molecule has 3 N–H and O–H groups in total. The van der Waals surface area contributed by atoms with E-state index in [1.165, 1.54) is 7.05 Å². The number of rotatable bonds is 7. The predicted octanol–water partition coefficient (Wildman–Crippen LogP) is -0.917. The van der Waals surface area contributed by atoms with Gasteiger partial charge in [0.25, 0.3) is 0 Å². The summed E-state index contributed by atoms with van der Waals surface area (Å²) in [4.78, 5) is 21.6. The first-order valence-corrected chi connectivity index (χ1v) is 6.15. The molecule has 0 aliphatic heterocycles. The number of aliphatic hydroxyl groups is 1. The molecular weight excluding hydrogens is 260 g/mol. The largest absolute Gasteiger partial charge is 0.481 e. The summed E-state index contributed by atoms with van der Waals surface area (Å²) in [6.07, 6.45) is 0.210. The number of amides is 1. The number of carbonyl (C=O) groups is 2. The van der Waals surface area contributed by atoms with Gasteiger partial charge in [0.15, 0.2) is 11.0 Å². The maximum absolute atomic E-state index is 11.2. The second-order valence-electron chi connectivity index (χ2n) is 3.31. The highest BCUT2D eigenvalue weighted by Gasteiger charge is 2.14. The SMILES string of the molecule is CNC(=O)CCn1c(CO)nnc1SCC(=O)O. The summed E-state index contributed by atoms with van der Waals surface area (Å²) >= 11 is 0.998. The highest BCUT2D eigenvalue weighted by atomic mass is 32.2. The molecular formula is C9H14N4O4S. The van der Waals surface area contributed by atoms with Gasteiger partial charge in [-0.2, -0.15) is 0 Å². The van der Waals surface area contributed by atoms with Crippen LogP contribution >= 0.6 is 11.8 Å². The van der Waals surface area contributed by atoms with Gasteiger partial charge in [0.2, 0.25) is 5.91 Å². The molecule has 0 bridgehead atoms. The van der Waals surface area contributed by atoms with Crippen LogP contribution in [0.3, 0.4) is 0 Å². The molecule has 9 heteroatoms. The van der Waals surface area contributed by atoms with Crippen LogP contribution in [0.2, 0.25) is 0 Å². The van der Waals surface area contributed by atoms with E-state index < -0.39 is 5.97 Å². The molecule has 0 fully saturated rings. The van der Waals surface area contributed by atoms with Gasteiger partial charge in [0, 0.05) is 20.0 Å². The molecule has 0 atom stereocenters. The molecule has 0 aromatic carbocycles. The molecule has 0 aliphatic carbocycles. The van der Waals surface area contributed by atoms with Gasteiger partial charge in [0.1, 0.15) is 6.61 Å². The number of hydrogen-bond acceptors (Lipinski definition) is 6. The number of aromatic nitrogens is 3. The number of carboxylic acids is 1. The number of carboxylic acid groups (broad SMARTS) is 1. The van der Waals surface area contributed by atoms with E-state index in [-0.39, 0.29) is 24.7 Å². The summed E-state index contributed by atoms with van der Waals surface area (Å²) in [6, 6.07) is 0. The first-order valence-electron chi connectivity index (χ1n) is 5.16. The Morgan fingerprint density at radius 3 is 2.72 bits per heavy atom. The summed E-state index contributed by atoms with van der Waals surface area (Å²) in [5, 5.41) is 28.1. The zero-order chi connectivity index (χ0) is 13.5. The standard InChI is InChI=1S/C9H14N4O4S/c1-10-7(15)2-3-13-6(4-14)11-12-9(13)18-5-8(16)17/h14H,2-5H2,1H3,(H,10,15)(H,16,17). The Hall–Kier alpha value is -1.61. The second-order valence-corrected chi connectivity index (χ2v) is 4.26. The van der Waals surface area contributed by atoms with Crippen molar-refractivity contribution in [2.75, 3.05) is 12.8 Å². The van der Waals surface area contributed by atoms with E-state index in [2.05, 4.69) is 15.5 Å². The minimum absolute atomic E-state index is 0.149. The van der Waals surface area contributed by atoms with E-state index >= 15 is 0 Å².